The molecular formula is C12H24N2. The highest BCUT2D eigenvalue weighted by Gasteiger charge is 2.16. The molecule has 1 N–H and O–H groups in total. The van der Waals surface area contributed by atoms with Crippen LogP contribution in [0.5, 0.6) is 0 Å². The van der Waals surface area contributed by atoms with Gasteiger partial charge in [-0.2, -0.15) is 0 Å². The molecule has 0 aliphatic carbocycles. The third kappa shape index (κ3) is 3.81. The molecule has 82 valence electrons. The average molecular weight is 196 g/mol. The van der Waals surface area contributed by atoms with E-state index in [4.69, 9.17) is 0 Å². The van der Waals surface area contributed by atoms with Gasteiger partial charge in [-0.15, -0.1) is 0 Å². The molecule has 1 unspecified atom stereocenters. The Bertz CT molecular complexity index is 185. The highest BCUT2D eigenvalue weighted by atomic mass is 15.2. The first-order chi connectivity index (χ1) is 6.59. The van der Waals surface area contributed by atoms with Crippen molar-refractivity contribution >= 4 is 0 Å². The molecule has 0 spiro atoms. The van der Waals surface area contributed by atoms with Gasteiger partial charge in [0.1, 0.15) is 0 Å². The van der Waals surface area contributed by atoms with Crippen molar-refractivity contribution in [1.29, 1.82) is 0 Å². The van der Waals surface area contributed by atoms with Crippen LogP contribution < -0.4 is 5.32 Å². The first-order valence-electron chi connectivity index (χ1n) is 5.73. The molecule has 0 saturated heterocycles. The van der Waals surface area contributed by atoms with Crippen molar-refractivity contribution in [2.45, 2.75) is 39.8 Å². The summed E-state index contributed by atoms with van der Waals surface area (Å²) >= 11 is 0. The molecule has 0 bridgehead atoms. The molecule has 0 aromatic rings. The summed E-state index contributed by atoms with van der Waals surface area (Å²) in [5.41, 5.74) is 0. The lowest BCUT2D eigenvalue weighted by atomic mass is 10.1. The second-order valence-corrected chi connectivity index (χ2v) is 4.88. The fourth-order valence-corrected chi connectivity index (χ4v) is 1.69. The first kappa shape index (κ1) is 11.7. The molecule has 1 rings (SSSR count). The van der Waals surface area contributed by atoms with Crippen LogP contribution in [0.15, 0.2) is 12.2 Å². The van der Waals surface area contributed by atoms with Crippen molar-refractivity contribution in [2.24, 2.45) is 5.92 Å². The minimum atomic E-state index is 0.550. The second-order valence-electron chi connectivity index (χ2n) is 4.88. The van der Waals surface area contributed by atoms with Crippen molar-refractivity contribution < 1.29 is 0 Å². The maximum Gasteiger partial charge on any atom is 0.0379 e. The minimum absolute atomic E-state index is 0.550. The van der Waals surface area contributed by atoms with Crippen LogP contribution in [0.25, 0.3) is 0 Å². The Morgan fingerprint density at radius 3 is 2.64 bits per heavy atom. The van der Waals surface area contributed by atoms with E-state index >= 15 is 0 Å². The molecule has 1 heterocycles. The molecule has 1 atom stereocenters. The van der Waals surface area contributed by atoms with Gasteiger partial charge in [-0.05, 0) is 26.3 Å². The van der Waals surface area contributed by atoms with Gasteiger partial charge in [-0.25, -0.2) is 0 Å². The van der Waals surface area contributed by atoms with Crippen LogP contribution in [0.3, 0.4) is 0 Å². The lowest BCUT2D eigenvalue weighted by Crippen LogP contribution is -2.46. The molecule has 1 aliphatic heterocycles. The largest absolute Gasteiger partial charge is 0.309 e. The van der Waals surface area contributed by atoms with Crippen molar-refractivity contribution in [3.63, 3.8) is 0 Å². The molecule has 0 fully saturated rings. The van der Waals surface area contributed by atoms with Crippen molar-refractivity contribution in [3.8, 4) is 0 Å². The van der Waals surface area contributed by atoms with E-state index in [1.165, 1.54) is 0 Å². The summed E-state index contributed by atoms with van der Waals surface area (Å²) in [4.78, 5) is 2.50. The second kappa shape index (κ2) is 5.52. The van der Waals surface area contributed by atoms with Crippen molar-refractivity contribution in [3.05, 3.63) is 12.2 Å². The standard InChI is InChI=1S/C12H24N2/c1-10(2)8-13-12-6-5-7-14(9-12)11(3)4/h5-6,10-13H,7-9H2,1-4H3. The van der Waals surface area contributed by atoms with E-state index in [-0.39, 0.29) is 0 Å². The van der Waals surface area contributed by atoms with E-state index in [1.54, 1.807) is 0 Å². The normalized spacial score (nSPS) is 23.7. The fraction of sp³-hybridized carbons (Fsp3) is 0.833. The zero-order valence-electron chi connectivity index (χ0n) is 9.96. The van der Waals surface area contributed by atoms with Gasteiger partial charge in [0.25, 0.3) is 0 Å². The molecule has 0 saturated carbocycles. The number of hydrogen-bond acceptors (Lipinski definition) is 2. The van der Waals surface area contributed by atoms with E-state index in [0.29, 0.717) is 12.1 Å². The summed E-state index contributed by atoms with van der Waals surface area (Å²) in [6, 6.07) is 1.21. The monoisotopic (exact) mass is 196 g/mol. The summed E-state index contributed by atoms with van der Waals surface area (Å²) < 4.78 is 0. The molecule has 0 aromatic carbocycles. The van der Waals surface area contributed by atoms with Gasteiger partial charge in [0, 0.05) is 25.2 Å². The Balaban J connectivity index is 2.33. The maximum absolute atomic E-state index is 3.58. The number of nitrogens with one attached hydrogen (secondary N) is 1. The zero-order valence-corrected chi connectivity index (χ0v) is 9.96. The lowest BCUT2D eigenvalue weighted by Gasteiger charge is -2.32. The summed E-state index contributed by atoms with van der Waals surface area (Å²) in [6.45, 7) is 12.4. The Labute approximate surface area is 88.4 Å². The predicted octanol–water partition coefficient (Wildman–Crippen LogP) is 1.88. The first-order valence-corrected chi connectivity index (χ1v) is 5.73. The molecule has 0 radical (unpaired) electrons. The van der Waals surface area contributed by atoms with Crippen LogP contribution in [-0.4, -0.2) is 36.6 Å². The quantitative estimate of drug-likeness (QED) is 0.691. The van der Waals surface area contributed by atoms with Gasteiger partial charge in [0.2, 0.25) is 0 Å². The third-order valence-electron chi connectivity index (χ3n) is 2.66. The van der Waals surface area contributed by atoms with E-state index in [2.05, 4.69) is 50.1 Å². The van der Waals surface area contributed by atoms with Crippen LogP contribution in [-0.2, 0) is 0 Å². The molecule has 14 heavy (non-hydrogen) atoms. The predicted molar refractivity (Wildman–Crippen MR) is 62.5 cm³/mol. The highest BCUT2D eigenvalue weighted by Crippen LogP contribution is 2.06. The fourth-order valence-electron chi connectivity index (χ4n) is 1.69. The van der Waals surface area contributed by atoms with Gasteiger partial charge in [-0.3, -0.25) is 4.90 Å². The Kier molecular flexibility index (Phi) is 4.63. The number of nitrogens with zero attached hydrogens (tertiary/aromatic N) is 1. The lowest BCUT2D eigenvalue weighted by molar-refractivity contribution is 0.218. The number of hydrogen-bond donors (Lipinski definition) is 1. The molecule has 0 aromatic heterocycles. The Morgan fingerprint density at radius 2 is 2.07 bits per heavy atom. The van der Waals surface area contributed by atoms with Gasteiger partial charge in [-0.1, -0.05) is 26.0 Å². The van der Waals surface area contributed by atoms with Crippen LogP contribution in [0.4, 0.5) is 0 Å². The zero-order chi connectivity index (χ0) is 10.6. The van der Waals surface area contributed by atoms with E-state index in [0.717, 1.165) is 25.6 Å². The van der Waals surface area contributed by atoms with Crippen LogP contribution in [0.1, 0.15) is 27.7 Å². The van der Waals surface area contributed by atoms with Gasteiger partial charge in [0.05, 0.1) is 0 Å². The molecular weight excluding hydrogens is 172 g/mol. The third-order valence-corrected chi connectivity index (χ3v) is 2.66. The topological polar surface area (TPSA) is 15.3 Å². The van der Waals surface area contributed by atoms with Crippen molar-refractivity contribution in [2.75, 3.05) is 19.6 Å². The minimum Gasteiger partial charge on any atom is -0.309 e. The maximum atomic E-state index is 3.58. The Morgan fingerprint density at radius 1 is 1.36 bits per heavy atom. The molecule has 2 nitrogen and oxygen atoms in total. The van der Waals surface area contributed by atoms with Crippen LogP contribution in [0.2, 0.25) is 0 Å². The van der Waals surface area contributed by atoms with Crippen molar-refractivity contribution in [1.82, 2.24) is 10.2 Å². The molecule has 0 amide bonds. The Hall–Kier alpha value is -0.340. The SMILES string of the molecule is CC(C)CNC1C=CCN(C(C)C)C1. The molecule has 2 heteroatoms. The van der Waals surface area contributed by atoms with Crippen LogP contribution in [0, 0.1) is 5.92 Å². The van der Waals surface area contributed by atoms with Gasteiger partial charge in [0.15, 0.2) is 0 Å². The van der Waals surface area contributed by atoms with E-state index in [9.17, 15) is 0 Å². The summed E-state index contributed by atoms with van der Waals surface area (Å²) in [5.74, 6) is 0.734. The smallest absolute Gasteiger partial charge is 0.0379 e. The van der Waals surface area contributed by atoms with Gasteiger partial charge >= 0.3 is 0 Å². The summed E-state index contributed by atoms with van der Waals surface area (Å²) in [7, 11) is 0. The van der Waals surface area contributed by atoms with Gasteiger partial charge < -0.3 is 5.32 Å². The average Bonchev–Trinajstić information content (AvgIpc) is 2.15. The summed E-state index contributed by atoms with van der Waals surface area (Å²) in [5, 5.41) is 3.58. The number of rotatable bonds is 4. The van der Waals surface area contributed by atoms with Crippen LogP contribution >= 0.6 is 0 Å². The van der Waals surface area contributed by atoms with E-state index in [1.807, 2.05) is 0 Å². The highest BCUT2D eigenvalue weighted by molar-refractivity contribution is 5.01. The summed E-state index contributed by atoms with van der Waals surface area (Å²) in [6.07, 6.45) is 4.59. The molecule has 1 aliphatic rings. The van der Waals surface area contributed by atoms with E-state index < -0.39 is 0 Å².